The Kier molecular flexibility index (Phi) is 6.31. The molecule has 0 unspecified atom stereocenters. The van der Waals surface area contributed by atoms with Gasteiger partial charge in [-0.15, -0.1) is 0 Å². The molecule has 1 aromatic carbocycles. The number of rotatable bonds is 8. The van der Waals surface area contributed by atoms with Crippen LogP contribution in [0.15, 0.2) is 30.6 Å². The molecule has 0 spiro atoms. The van der Waals surface area contributed by atoms with Gasteiger partial charge < -0.3 is 15.8 Å². The maximum absolute atomic E-state index is 12.4. The van der Waals surface area contributed by atoms with Crippen LogP contribution < -0.4 is 15.8 Å². The van der Waals surface area contributed by atoms with E-state index < -0.39 is 0 Å². The number of ether oxygens (including phenoxy) is 1. The normalized spacial score (nSPS) is 12.2. The van der Waals surface area contributed by atoms with Gasteiger partial charge in [0.25, 0.3) is 0 Å². The standard InChI is InChI=1S/C17H25N5O2/c1-12(2)16(17-19-11-20-22(17)3)21-15(23)10-13-5-4-6-14(9-13)24-8-7-18/h4-6,9,11-12,16H,7-8,10,18H2,1-3H3,(H,21,23)/t16-/m0/s1. The van der Waals surface area contributed by atoms with E-state index >= 15 is 0 Å². The largest absolute Gasteiger partial charge is 0.492 e. The first-order valence-corrected chi connectivity index (χ1v) is 8.06. The van der Waals surface area contributed by atoms with Crippen molar-refractivity contribution in [2.75, 3.05) is 13.2 Å². The van der Waals surface area contributed by atoms with Crippen LogP contribution in [0.25, 0.3) is 0 Å². The van der Waals surface area contributed by atoms with Crippen molar-refractivity contribution in [3.05, 3.63) is 42.0 Å². The van der Waals surface area contributed by atoms with Gasteiger partial charge in [-0.3, -0.25) is 9.48 Å². The number of hydrogen-bond donors (Lipinski definition) is 2. The Morgan fingerprint density at radius 1 is 1.42 bits per heavy atom. The molecule has 1 atom stereocenters. The van der Waals surface area contributed by atoms with E-state index in [1.54, 1.807) is 4.68 Å². The van der Waals surface area contributed by atoms with Gasteiger partial charge in [-0.25, -0.2) is 4.98 Å². The maximum atomic E-state index is 12.4. The van der Waals surface area contributed by atoms with Gasteiger partial charge in [0.15, 0.2) is 0 Å². The van der Waals surface area contributed by atoms with Crippen molar-refractivity contribution >= 4 is 5.91 Å². The second kappa shape index (κ2) is 8.44. The molecule has 130 valence electrons. The third-order valence-corrected chi connectivity index (χ3v) is 3.66. The second-order valence-corrected chi connectivity index (χ2v) is 5.99. The zero-order valence-electron chi connectivity index (χ0n) is 14.4. The van der Waals surface area contributed by atoms with Crippen LogP contribution in [-0.2, 0) is 18.3 Å². The molecule has 1 heterocycles. The number of nitrogens with two attached hydrogens (primary N) is 1. The molecule has 2 rings (SSSR count). The molecule has 2 aromatic rings. The van der Waals surface area contributed by atoms with Crippen molar-refractivity contribution in [1.29, 1.82) is 0 Å². The molecule has 0 aliphatic heterocycles. The summed E-state index contributed by atoms with van der Waals surface area (Å²) in [6.45, 7) is 5.00. The highest BCUT2D eigenvalue weighted by atomic mass is 16.5. The molecule has 0 radical (unpaired) electrons. The van der Waals surface area contributed by atoms with Crippen LogP contribution >= 0.6 is 0 Å². The van der Waals surface area contributed by atoms with E-state index in [9.17, 15) is 4.79 Å². The lowest BCUT2D eigenvalue weighted by Gasteiger charge is -2.21. The van der Waals surface area contributed by atoms with E-state index in [2.05, 4.69) is 15.4 Å². The van der Waals surface area contributed by atoms with Crippen molar-refractivity contribution in [2.45, 2.75) is 26.3 Å². The van der Waals surface area contributed by atoms with Crippen LogP contribution in [0.4, 0.5) is 0 Å². The Morgan fingerprint density at radius 2 is 2.21 bits per heavy atom. The average molecular weight is 331 g/mol. The summed E-state index contributed by atoms with van der Waals surface area (Å²) in [4.78, 5) is 16.7. The number of carbonyl (C=O) groups excluding carboxylic acids is 1. The van der Waals surface area contributed by atoms with Crippen LogP contribution in [0.1, 0.15) is 31.3 Å². The van der Waals surface area contributed by atoms with E-state index in [0.717, 1.165) is 17.1 Å². The van der Waals surface area contributed by atoms with Crippen molar-refractivity contribution in [3.8, 4) is 5.75 Å². The quantitative estimate of drug-likeness (QED) is 0.758. The van der Waals surface area contributed by atoms with Gasteiger partial charge in [0.05, 0.1) is 12.5 Å². The lowest BCUT2D eigenvalue weighted by Crippen LogP contribution is -2.34. The molecular formula is C17H25N5O2. The number of hydrogen-bond acceptors (Lipinski definition) is 5. The minimum absolute atomic E-state index is 0.0623. The zero-order valence-corrected chi connectivity index (χ0v) is 14.4. The van der Waals surface area contributed by atoms with Gasteiger partial charge in [-0.2, -0.15) is 5.10 Å². The first-order chi connectivity index (χ1) is 11.5. The van der Waals surface area contributed by atoms with Crippen LogP contribution in [0.2, 0.25) is 0 Å². The fourth-order valence-electron chi connectivity index (χ4n) is 2.45. The van der Waals surface area contributed by atoms with Crippen LogP contribution in [0.5, 0.6) is 5.75 Å². The number of nitrogens with zero attached hydrogens (tertiary/aromatic N) is 3. The highest BCUT2D eigenvalue weighted by Crippen LogP contribution is 2.19. The van der Waals surface area contributed by atoms with E-state index in [4.69, 9.17) is 10.5 Å². The lowest BCUT2D eigenvalue weighted by molar-refractivity contribution is -0.121. The third-order valence-electron chi connectivity index (χ3n) is 3.66. The van der Waals surface area contributed by atoms with E-state index in [1.807, 2.05) is 45.2 Å². The maximum Gasteiger partial charge on any atom is 0.225 e. The highest BCUT2D eigenvalue weighted by Gasteiger charge is 2.22. The molecule has 0 bridgehead atoms. The summed E-state index contributed by atoms with van der Waals surface area (Å²) in [5, 5.41) is 7.13. The molecule has 1 amide bonds. The molecule has 0 saturated carbocycles. The number of aromatic nitrogens is 3. The SMILES string of the molecule is CC(C)[C@H](NC(=O)Cc1cccc(OCCN)c1)c1ncnn1C. The monoisotopic (exact) mass is 331 g/mol. The summed E-state index contributed by atoms with van der Waals surface area (Å²) in [6, 6.07) is 7.32. The van der Waals surface area contributed by atoms with Gasteiger partial charge in [0.2, 0.25) is 5.91 Å². The molecule has 0 aliphatic rings. The third kappa shape index (κ3) is 4.79. The van der Waals surface area contributed by atoms with Gasteiger partial charge in [0.1, 0.15) is 24.5 Å². The number of amides is 1. The van der Waals surface area contributed by atoms with Crippen LogP contribution in [-0.4, -0.2) is 33.8 Å². The minimum atomic E-state index is -0.179. The fourth-order valence-corrected chi connectivity index (χ4v) is 2.45. The molecule has 0 saturated heterocycles. The Hall–Kier alpha value is -2.41. The van der Waals surface area contributed by atoms with Gasteiger partial charge in [-0.1, -0.05) is 26.0 Å². The molecule has 3 N–H and O–H groups in total. The number of nitrogens with one attached hydrogen (secondary N) is 1. The summed E-state index contributed by atoms with van der Waals surface area (Å²) in [7, 11) is 1.82. The number of benzene rings is 1. The molecule has 0 aliphatic carbocycles. The predicted octanol–water partition coefficient (Wildman–Crippen LogP) is 1.21. The second-order valence-electron chi connectivity index (χ2n) is 5.99. The fraction of sp³-hybridized carbons (Fsp3) is 0.471. The smallest absolute Gasteiger partial charge is 0.225 e. The van der Waals surface area contributed by atoms with E-state index in [1.165, 1.54) is 6.33 Å². The highest BCUT2D eigenvalue weighted by molar-refractivity contribution is 5.79. The van der Waals surface area contributed by atoms with Gasteiger partial charge in [0, 0.05) is 13.6 Å². The van der Waals surface area contributed by atoms with Crippen molar-refractivity contribution in [1.82, 2.24) is 20.1 Å². The van der Waals surface area contributed by atoms with Crippen LogP contribution in [0, 0.1) is 5.92 Å². The lowest BCUT2D eigenvalue weighted by atomic mass is 10.0. The molecular weight excluding hydrogens is 306 g/mol. The topological polar surface area (TPSA) is 95.1 Å². The summed E-state index contributed by atoms with van der Waals surface area (Å²) >= 11 is 0. The van der Waals surface area contributed by atoms with Gasteiger partial charge in [-0.05, 0) is 23.6 Å². The Bertz CT molecular complexity index is 669. The molecule has 7 heteroatoms. The predicted molar refractivity (Wildman–Crippen MR) is 91.4 cm³/mol. The molecule has 24 heavy (non-hydrogen) atoms. The summed E-state index contributed by atoms with van der Waals surface area (Å²) in [5.41, 5.74) is 6.33. The number of carbonyl (C=O) groups is 1. The first-order valence-electron chi connectivity index (χ1n) is 8.06. The Balaban J connectivity index is 2.02. The zero-order chi connectivity index (χ0) is 17.5. The van der Waals surface area contributed by atoms with E-state index in [0.29, 0.717) is 13.2 Å². The summed E-state index contributed by atoms with van der Waals surface area (Å²) in [6.07, 6.45) is 1.77. The van der Waals surface area contributed by atoms with Crippen LogP contribution in [0.3, 0.4) is 0 Å². The summed E-state index contributed by atoms with van der Waals surface area (Å²) in [5.74, 6) is 1.61. The molecule has 1 aromatic heterocycles. The van der Waals surface area contributed by atoms with Gasteiger partial charge >= 0.3 is 0 Å². The molecule has 7 nitrogen and oxygen atoms in total. The first kappa shape index (κ1) is 17.9. The van der Waals surface area contributed by atoms with Crippen molar-refractivity contribution in [3.63, 3.8) is 0 Å². The minimum Gasteiger partial charge on any atom is -0.492 e. The average Bonchev–Trinajstić information content (AvgIpc) is 2.96. The molecule has 0 fully saturated rings. The van der Waals surface area contributed by atoms with Crippen molar-refractivity contribution < 1.29 is 9.53 Å². The number of aryl methyl sites for hydroxylation is 1. The Morgan fingerprint density at radius 3 is 2.83 bits per heavy atom. The Labute approximate surface area is 142 Å². The van der Waals surface area contributed by atoms with Crippen molar-refractivity contribution in [2.24, 2.45) is 18.7 Å². The van der Waals surface area contributed by atoms with E-state index in [-0.39, 0.29) is 24.3 Å². The summed E-state index contributed by atoms with van der Waals surface area (Å²) < 4.78 is 7.18.